The molecule has 0 fully saturated rings. The minimum absolute atomic E-state index is 0.580. The van der Waals surface area contributed by atoms with Gasteiger partial charge in [-0.2, -0.15) is 0 Å². The van der Waals surface area contributed by atoms with E-state index in [1.165, 1.54) is 0 Å². The van der Waals surface area contributed by atoms with E-state index in [4.69, 9.17) is 23.2 Å². The molecule has 0 heterocycles. The summed E-state index contributed by atoms with van der Waals surface area (Å²) in [4.78, 5) is 0. The molecule has 0 aromatic heterocycles. The van der Waals surface area contributed by atoms with Gasteiger partial charge in [0.15, 0.2) is 0 Å². The van der Waals surface area contributed by atoms with Crippen molar-refractivity contribution in [2.24, 2.45) is 0 Å². The number of nitrogens with one attached hydrogen (secondary N) is 1. The summed E-state index contributed by atoms with van der Waals surface area (Å²) in [6, 6.07) is 3.76. The van der Waals surface area contributed by atoms with Crippen molar-refractivity contribution in [1.82, 2.24) is 0 Å². The van der Waals surface area contributed by atoms with Crippen LogP contribution in [0.15, 0.2) is 18.2 Å². The summed E-state index contributed by atoms with van der Waals surface area (Å²) in [5.41, 5.74) is 1.96. The van der Waals surface area contributed by atoms with E-state index in [-0.39, 0.29) is 0 Å². The van der Waals surface area contributed by atoms with Crippen molar-refractivity contribution < 1.29 is 0 Å². The molecule has 1 nitrogen and oxygen atoms in total. The molecule has 1 rings (SSSR count). The van der Waals surface area contributed by atoms with Gasteiger partial charge in [-0.05, 0) is 25.5 Å². The van der Waals surface area contributed by atoms with Gasteiger partial charge < -0.3 is 5.32 Å². The van der Waals surface area contributed by atoms with Crippen LogP contribution in [-0.4, -0.2) is 6.54 Å². The van der Waals surface area contributed by atoms with Crippen LogP contribution in [-0.2, 0) is 0 Å². The third kappa shape index (κ3) is 2.43. The van der Waals surface area contributed by atoms with Crippen molar-refractivity contribution in [3.63, 3.8) is 0 Å². The molecule has 0 aliphatic carbocycles. The number of rotatable bonds is 3. The average molecular weight is 230 g/mol. The number of hydrogen-bond donors (Lipinski definition) is 1. The van der Waals surface area contributed by atoms with E-state index in [1.807, 2.05) is 32.1 Å². The Labute approximate surface area is 94.7 Å². The first kappa shape index (κ1) is 11.4. The van der Waals surface area contributed by atoms with Crippen molar-refractivity contribution in [2.75, 3.05) is 11.9 Å². The molecule has 76 valence electrons. The number of benzene rings is 1. The second-order valence-corrected chi connectivity index (χ2v) is 3.64. The number of anilines is 1. The minimum atomic E-state index is 0.580. The van der Waals surface area contributed by atoms with Gasteiger partial charge in [-0.25, -0.2) is 0 Å². The maximum atomic E-state index is 6.08. The molecule has 0 saturated carbocycles. The third-order valence-electron chi connectivity index (χ3n) is 1.83. The quantitative estimate of drug-likeness (QED) is 0.808. The van der Waals surface area contributed by atoms with Crippen molar-refractivity contribution in [2.45, 2.75) is 13.8 Å². The summed E-state index contributed by atoms with van der Waals surface area (Å²) in [6.07, 6.45) is 3.97. The Hall–Kier alpha value is -0.660. The molecule has 0 aliphatic heterocycles. The molecule has 1 aromatic rings. The van der Waals surface area contributed by atoms with Gasteiger partial charge in [-0.15, -0.1) is 0 Å². The molecule has 0 atom stereocenters. The first-order valence-corrected chi connectivity index (χ1v) is 5.30. The molecule has 0 radical (unpaired) electrons. The van der Waals surface area contributed by atoms with Gasteiger partial charge in [-0.3, -0.25) is 0 Å². The van der Waals surface area contributed by atoms with Crippen LogP contribution in [0.2, 0.25) is 10.0 Å². The highest BCUT2D eigenvalue weighted by atomic mass is 35.5. The summed E-state index contributed by atoms with van der Waals surface area (Å²) in [7, 11) is 0. The normalized spacial score (nSPS) is 10.9. The van der Waals surface area contributed by atoms with E-state index in [2.05, 4.69) is 5.32 Å². The van der Waals surface area contributed by atoms with Crippen molar-refractivity contribution in [1.29, 1.82) is 0 Å². The Bertz CT molecular complexity index is 345. The number of halogens is 2. The highest BCUT2D eigenvalue weighted by Crippen LogP contribution is 2.33. The lowest BCUT2D eigenvalue weighted by atomic mass is 10.1. The fraction of sp³-hybridized carbons (Fsp3) is 0.273. The van der Waals surface area contributed by atoms with Gasteiger partial charge in [0.1, 0.15) is 0 Å². The zero-order valence-electron chi connectivity index (χ0n) is 8.27. The molecular formula is C11H13Cl2N. The van der Waals surface area contributed by atoms with Crippen LogP contribution < -0.4 is 5.32 Å². The second-order valence-electron chi connectivity index (χ2n) is 2.86. The van der Waals surface area contributed by atoms with Crippen LogP contribution in [0.5, 0.6) is 0 Å². The van der Waals surface area contributed by atoms with Gasteiger partial charge >= 0.3 is 0 Å². The van der Waals surface area contributed by atoms with Crippen molar-refractivity contribution in [3.05, 3.63) is 33.8 Å². The molecule has 3 heteroatoms. The van der Waals surface area contributed by atoms with Gasteiger partial charge in [0.25, 0.3) is 0 Å². The molecule has 0 saturated heterocycles. The average Bonchev–Trinajstić information content (AvgIpc) is 2.18. The van der Waals surface area contributed by atoms with Gasteiger partial charge in [0.05, 0.1) is 15.7 Å². The third-order valence-corrected chi connectivity index (χ3v) is 2.63. The minimum Gasteiger partial charge on any atom is -0.384 e. The highest BCUT2D eigenvalue weighted by molar-refractivity contribution is 6.44. The first-order chi connectivity index (χ1) is 6.70. The first-order valence-electron chi connectivity index (χ1n) is 4.55. The lowest BCUT2D eigenvalue weighted by Crippen LogP contribution is -1.99. The van der Waals surface area contributed by atoms with E-state index < -0.39 is 0 Å². The van der Waals surface area contributed by atoms with Gasteiger partial charge in [0, 0.05) is 6.54 Å². The van der Waals surface area contributed by atoms with E-state index >= 15 is 0 Å². The Morgan fingerprint density at radius 2 is 2.07 bits per heavy atom. The van der Waals surface area contributed by atoms with Crippen LogP contribution >= 0.6 is 23.2 Å². The Kier molecular flexibility index (Phi) is 4.30. The maximum absolute atomic E-state index is 6.08. The maximum Gasteiger partial charge on any atom is 0.0829 e. The summed E-state index contributed by atoms with van der Waals surface area (Å²) in [5, 5.41) is 4.37. The zero-order chi connectivity index (χ0) is 10.6. The molecule has 0 bridgehead atoms. The Balaban J connectivity index is 3.22. The fourth-order valence-electron chi connectivity index (χ4n) is 1.24. The predicted octanol–water partition coefficient (Wildman–Crippen LogP) is 4.46. The van der Waals surface area contributed by atoms with Crippen molar-refractivity contribution in [3.8, 4) is 0 Å². The van der Waals surface area contributed by atoms with Crippen LogP contribution in [0, 0.1) is 0 Å². The van der Waals surface area contributed by atoms with E-state index in [0.29, 0.717) is 10.0 Å². The summed E-state index contributed by atoms with van der Waals surface area (Å²) < 4.78 is 0. The molecule has 0 spiro atoms. The van der Waals surface area contributed by atoms with E-state index in [9.17, 15) is 0 Å². The highest BCUT2D eigenvalue weighted by Gasteiger charge is 2.07. The standard InChI is InChI=1S/C11H13Cl2N/c1-3-5-8-6-7-9(12)10(13)11(8)14-4-2/h3,5-7,14H,4H2,1-2H3/b5-3+. The fourth-order valence-corrected chi connectivity index (χ4v) is 1.64. The van der Waals surface area contributed by atoms with Gasteiger partial charge in [-0.1, -0.05) is 41.4 Å². The summed E-state index contributed by atoms with van der Waals surface area (Å²) in [5.74, 6) is 0. The molecular weight excluding hydrogens is 217 g/mol. The second kappa shape index (κ2) is 5.28. The molecule has 0 unspecified atom stereocenters. The molecule has 0 amide bonds. The van der Waals surface area contributed by atoms with Crippen molar-refractivity contribution >= 4 is 35.0 Å². The molecule has 0 aliphatic rings. The summed E-state index contributed by atoms with van der Waals surface area (Å²) >= 11 is 12.0. The topological polar surface area (TPSA) is 12.0 Å². The molecule has 14 heavy (non-hydrogen) atoms. The lowest BCUT2D eigenvalue weighted by Gasteiger charge is -2.10. The van der Waals surface area contributed by atoms with Crippen LogP contribution in [0.1, 0.15) is 19.4 Å². The predicted molar refractivity (Wildman–Crippen MR) is 65.3 cm³/mol. The van der Waals surface area contributed by atoms with Crippen LogP contribution in [0.4, 0.5) is 5.69 Å². The smallest absolute Gasteiger partial charge is 0.0829 e. The van der Waals surface area contributed by atoms with Crippen LogP contribution in [0.25, 0.3) is 6.08 Å². The molecule has 1 aromatic carbocycles. The van der Waals surface area contributed by atoms with E-state index in [1.54, 1.807) is 6.07 Å². The van der Waals surface area contributed by atoms with Gasteiger partial charge in [0.2, 0.25) is 0 Å². The largest absolute Gasteiger partial charge is 0.384 e. The van der Waals surface area contributed by atoms with Crippen LogP contribution in [0.3, 0.4) is 0 Å². The molecule has 1 N–H and O–H groups in total. The Morgan fingerprint density at radius 3 is 2.64 bits per heavy atom. The zero-order valence-corrected chi connectivity index (χ0v) is 9.78. The lowest BCUT2D eigenvalue weighted by molar-refractivity contribution is 1.21. The SMILES string of the molecule is C/C=C/c1ccc(Cl)c(Cl)c1NCC. The number of allylic oxidation sites excluding steroid dienone is 1. The number of hydrogen-bond acceptors (Lipinski definition) is 1. The monoisotopic (exact) mass is 229 g/mol. The Morgan fingerprint density at radius 1 is 1.36 bits per heavy atom. The van der Waals surface area contributed by atoms with E-state index in [0.717, 1.165) is 17.8 Å². The summed E-state index contributed by atoms with van der Waals surface area (Å²) in [6.45, 7) is 4.82.